The third kappa shape index (κ3) is 4.75. The molecular weight excluding hydrogens is 475 g/mol. The van der Waals surface area contributed by atoms with Gasteiger partial charge in [-0.1, -0.05) is 70.3 Å². The van der Waals surface area contributed by atoms with Crippen LogP contribution in [0.1, 0.15) is 5.56 Å². The molecule has 1 aliphatic heterocycles. The summed E-state index contributed by atoms with van der Waals surface area (Å²) in [6.45, 7) is 1.98. The monoisotopic (exact) mass is 488 g/mol. The molecule has 3 aromatic carbocycles. The van der Waals surface area contributed by atoms with Crippen molar-refractivity contribution < 1.29 is 9.59 Å². The lowest BCUT2D eigenvalue weighted by Gasteiger charge is -2.15. The molecule has 1 aliphatic rings. The van der Waals surface area contributed by atoms with Crippen molar-refractivity contribution in [1.82, 2.24) is 0 Å². The van der Waals surface area contributed by atoms with Crippen LogP contribution in [0.25, 0.3) is 0 Å². The van der Waals surface area contributed by atoms with E-state index in [9.17, 15) is 9.59 Å². The molecule has 4 rings (SSSR count). The van der Waals surface area contributed by atoms with Crippen molar-refractivity contribution in [3.8, 4) is 0 Å². The van der Waals surface area contributed by atoms with E-state index in [0.717, 1.165) is 15.4 Å². The van der Waals surface area contributed by atoms with E-state index in [0.29, 0.717) is 26.4 Å². The molecule has 8 heteroatoms. The SMILES string of the molecule is Cc1ccc(SC2=C(Nc3cc(Cl)cc(Cl)c3)C(=O)N(c3cccc(Cl)c3)C2=O)cc1. The summed E-state index contributed by atoms with van der Waals surface area (Å²) in [5.41, 5.74) is 2.14. The van der Waals surface area contributed by atoms with Crippen LogP contribution in [0, 0.1) is 6.92 Å². The summed E-state index contributed by atoms with van der Waals surface area (Å²) in [7, 11) is 0. The van der Waals surface area contributed by atoms with Gasteiger partial charge in [-0.25, -0.2) is 4.90 Å². The average molecular weight is 490 g/mol. The molecule has 0 radical (unpaired) electrons. The first-order chi connectivity index (χ1) is 14.8. The molecule has 3 aromatic rings. The Labute approximate surface area is 198 Å². The van der Waals surface area contributed by atoms with E-state index in [1.807, 2.05) is 31.2 Å². The summed E-state index contributed by atoms with van der Waals surface area (Å²) in [5, 5.41) is 4.29. The standard InChI is InChI=1S/C23H15Cl3N2O2S/c1-13-5-7-19(8-6-13)31-21-20(27-17-10-15(25)9-16(26)11-17)22(29)28(23(21)30)18-4-2-3-14(24)12-18/h2-12,27H,1H3. The van der Waals surface area contributed by atoms with Crippen LogP contribution in [-0.2, 0) is 9.59 Å². The fraction of sp³-hybridized carbons (Fsp3) is 0.0435. The molecule has 0 spiro atoms. The minimum absolute atomic E-state index is 0.147. The zero-order valence-electron chi connectivity index (χ0n) is 16.2. The van der Waals surface area contributed by atoms with Gasteiger partial charge in [0.1, 0.15) is 10.6 Å². The number of rotatable bonds is 5. The molecule has 0 saturated carbocycles. The normalized spacial score (nSPS) is 13.9. The van der Waals surface area contributed by atoms with Gasteiger partial charge in [0.2, 0.25) is 0 Å². The van der Waals surface area contributed by atoms with Crippen molar-refractivity contribution in [3.63, 3.8) is 0 Å². The lowest BCUT2D eigenvalue weighted by atomic mass is 10.2. The van der Waals surface area contributed by atoms with Crippen LogP contribution in [0.2, 0.25) is 15.1 Å². The molecule has 0 aliphatic carbocycles. The number of nitrogens with one attached hydrogen (secondary N) is 1. The molecule has 0 saturated heterocycles. The van der Waals surface area contributed by atoms with Gasteiger partial charge < -0.3 is 5.32 Å². The fourth-order valence-electron chi connectivity index (χ4n) is 3.06. The summed E-state index contributed by atoms with van der Waals surface area (Å²) >= 11 is 19.5. The highest BCUT2D eigenvalue weighted by molar-refractivity contribution is 8.04. The Morgan fingerprint density at radius 3 is 2.13 bits per heavy atom. The smallest absolute Gasteiger partial charge is 0.283 e. The van der Waals surface area contributed by atoms with Gasteiger partial charge in [-0.05, 0) is 55.5 Å². The molecule has 0 bridgehead atoms. The number of anilines is 2. The maximum absolute atomic E-state index is 13.3. The maximum atomic E-state index is 13.3. The van der Waals surface area contributed by atoms with Crippen molar-refractivity contribution in [3.05, 3.63) is 98.0 Å². The first kappa shape index (κ1) is 21.8. The highest BCUT2D eigenvalue weighted by atomic mass is 35.5. The minimum Gasteiger partial charge on any atom is -0.350 e. The number of hydrogen-bond acceptors (Lipinski definition) is 4. The second-order valence-corrected chi connectivity index (χ2v) is 9.22. The summed E-state index contributed by atoms with van der Waals surface area (Å²) in [5.74, 6) is -0.925. The molecule has 0 unspecified atom stereocenters. The van der Waals surface area contributed by atoms with Crippen molar-refractivity contribution in [2.75, 3.05) is 10.2 Å². The van der Waals surface area contributed by atoms with Crippen LogP contribution >= 0.6 is 46.6 Å². The molecule has 31 heavy (non-hydrogen) atoms. The Bertz CT molecular complexity index is 1210. The van der Waals surface area contributed by atoms with Gasteiger partial charge in [0.05, 0.1) is 5.69 Å². The van der Waals surface area contributed by atoms with E-state index < -0.39 is 11.8 Å². The Kier molecular flexibility index (Phi) is 6.30. The van der Waals surface area contributed by atoms with E-state index in [4.69, 9.17) is 34.8 Å². The van der Waals surface area contributed by atoms with E-state index >= 15 is 0 Å². The first-order valence-corrected chi connectivity index (χ1v) is 11.1. The number of aryl methyl sites for hydroxylation is 1. The summed E-state index contributed by atoms with van der Waals surface area (Å²) in [4.78, 5) is 28.9. The Morgan fingerprint density at radius 2 is 1.48 bits per heavy atom. The van der Waals surface area contributed by atoms with Gasteiger partial charge in [-0.15, -0.1) is 0 Å². The number of benzene rings is 3. The van der Waals surface area contributed by atoms with E-state index in [-0.39, 0.29) is 10.6 Å². The number of carbonyl (C=O) groups excluding carboxylic acids is 2. The largest absolute Gasteiger partial charge is 0.350 e. The molecular formula is C23H15Cl3N2O2S. The number of imide groups is 1. The number of thioether (sulfide) groups is 1. The molecule has 0 atom stereocenters. The molecule has 0 fully saturated rings. The van der Waals surface area contributed by atoms with Crippen LogP contribution < -0.4 is 10.2 Å². The second kappa shape index (κ2) is 8.97. The van der Waals surface area contributed by atoms with Gasteiger partial charge in [0.15, 0.2) is 0 Å². The molecule has 1 heterocycles. The van der Waals surface area contributed by atoms with E-state index in [1.54, 1.807) is 42.5 Å². The lowest BCUT2D eigenvalue weighted by Crippen LogP contribution is -2.32. The Balaban J connectivity index is 1.77. The van der Waals surface area contributed by atoms with Crippen molar-refractivity contribution in [2.45, 2.75) is 11.8 Å². The van der Waals surface area contributed by atoms with Crippen molar-refractivity contribution in [2.24, 2.45) is 0 Å². The summed E-state index contributed by atoms with van der Waals surface area (Å²) in [6, 6.07) is 19.2. The Hall–Kier alpha value is -2.44. The number of hydrogen-bond donors (Lipinski definition) is 1. The number of carbonyl (C=O) groups is 2. The highest BCUT2D eigenvalue weighted by Gasteiger charge is 2.40. The van der Waals surface area contributed by atoms with Gasteiger partial charge in [-0.2, -0.15) is 0 Å². The quantitative estimate of drug-likeness (QED) is 0.394. The van der Waals surface area contributed by atoms with Gasteiger partial charge in [0.25, 0.3) is 11.8 Å². The van der Waals surface area contributed by atoms with Crippen LogP contribution in [0.4, 0.5) is 11.4 Å². The van der Waals surface area contributed by atoms with E-state index in [2.05, 4.69) is 5.32 Å². The zero-order valence-corrected chi connectivity index (χ0v) is 19.2. The number of amides is 2. The first-order valence-electron chi connectivity index (χ1n) is 9.18. The lowest BCUT2D eigenvalue weighted by molar-refractivity contribution is -0.120. The predicted molar refractivity (Wildman–Crippen MR) is 128 cm³/mol. The third-order valence-electron chi connectivity index (χ3n) is 4.48. The van der Waals surface area contributed by atoms with Crippen LogP contribution in [0.5, 0.6) is 0 Å². The fourth-order valence-corrected chi connectivity index (χ4v) is 4.70. The van der Waals surface area contributed by atoms with Crippen molar-refractivity contribution >= 4 is 69.8 Å². The molecule has 156 valence electrons. The summed E-state index contributed by atoms with van der Waals surface area (Å²) in [6.07, 6.45) is 0. The molecule has 0 aromatic heterocycles. The Morgan fingerprint density at radius 1 is 0.806 bits per heavy atom. The number of nitrogens with zero attached hydrogens (tertiary/aromatic N) is 1. The maximum Gasteiger partial charge on any atom is 0.283 e. The highest BCUT2D eigenvalue weighted by Crippen LogP contribution is 2.38. The predicted octanol–water partition coefficient (Wildman–Crippen LogP) is 6.94. The topological polar surface area (TPSA) is 49.4 Å². The van der Waals surface area contributed by atoms with Gasteiger partial charge in [-0.3, -0.25) is 9.59 Å². The molecule has 2 amide bonds. The molecule has 1 N–H and O–H groups in total. The van der Waals surface area contributed by atoms with Crippen LogP contribution in [0.3, 0.4) is 0 Å². The van der Waals surface area contributed by atoms with Crippen molar-refractivity contribution in [1.29, 1.82) is 0 Å². The average Bonchev–Trinajstić information content (AvgIpc) is 2.93. The third-order valence-corrected chi connectivity index (χ3v) is 6.24. The summed E-state index contributed by atoms with van der Waals surface area (Å²) < 4.78 is 0. The van der Waals surface area contributed by atoms with Gasteiger partial charge >= 0.3 is 0 Å². The number of halogens is 3. The zero-order chi connectivity index (χ0) is 22.1. The molecule has 4 nitrogen and oxygen atoms in total. The minimum atomic E-state index is -0.488. The van der Waals surface area contributed by atoms with E-state index in [1.165, 1.54) is 11.8 Å². The van der Waals surface area contributed by atoms with Crippen LogP contribution in [-0.4, -0.2) is 11.8 Å². The second-order valence-electron chi connectivity index (χ2n) is 6.83. The van der Waals surface area contributed by atoms with Crippen LogP contribution in [0.15, 0.2) is 82.2 Å². The van der Waals surface area contributed by atoms with Gasteiger partial charge in [0, 0.05) is 25.7 Å².